The Balaban J connectivity index is 1.04. The summed E-state index contributed by atoms with van der Waals surface area (Å²) in [5.41, 5.74) is 4.05. The first kappa shape index (κ1) is 25.2. The van der Waals surface area contributed by atoms with E-state index in [1.165, 1.54) is 5.69 Å². The maximum Gasteiger partial charge on any atom is 0.253 e. The predicted molar refractivity (Wildman–Crippen MR) is 150 cm³/mol. The molecule has 0 aromatic heterocycles. The summed E-state index contributed by atoms with van der Waals surface area (Å²) in [6.07, 6.45) is 6.65. The van der Waals surface area contributed by atoms with E-state index in [4.69, 9.17) is 11.6 Å². The van der Waals surface area contributed by atoms with Crippen LogP contribution in [0.2, 0.25) is 5.02 Å². The second-order valence-electron chi connectivity index (χ2n) is 12.2. The number of ketones is 1. The zero-order chi connectivity index (χ0) is 26.5. The molecule has 1 amide bonds. The fourth-order valence-electron chi connectivity index (χ4n) is 7.32. The number of benzene rings is 2. The molecule has 2 aromatic carbocycles. The van der Waals surface area contributed by atoms with E-state index in [-0.39, 0.29) is 11.3 Å². The summed E-state index contributed by atoms with van der Waals surface area (Å²) in [5, 5.41) is 9.72. The van der Waals surface area contributed by atoms with Gasteiger partial charge in [0.2, 0.25) is 0 Å². The molecule has 0 N–H and O–H groups in total. The third-order valence-corrected chi connectivity index (χ3v) is 10.00. The summed E-state index contributed by atoms with van der Waals surface area (Å²) < 4.78 is 0. The molecule has 1 aliphatic carbocycles. The van der Waals surface area contributed by atoms with Crippen LogP contribution in [-0.2, 0) is 4.79 Å². The number of rotatable bonds is 3. The lowest BCUT2D eigenvalue weighted by Crippen LogP contribution is -2.59. The molecule has 6 rings (SSSR count). The van der Waals surface area contributed by atoms with E-state index < -0.39 is 0 Å². The quantitative estimate of drug-likeness (QED) is 0.510. The third-order valence-electron chi connectivity index (χ3n) is 9.68. The Hall–Kier alpha value is -3.04. The monoisotopic (exact) mass is 530 g/mol. The maximum absolute atomic E-state index is 13.0. The summed E-state index contributed by atoms with van der Waals surface area (Å²) in [4.78, 5) is 31.5. The predicted octanol–water partition coefficient (Wildman–Crippen LogP) is 5.68. The molecule has 198 valence electrons. The minimum absolute atomic E-state index is 0.111. The normalized spacial score (nSPS) is 24.0. The van der Waals surface area contributed by atoms with E-state index in [1.54, 1.807) is 0 Å². The van der Waals surface area contributed by atoms with Crippen molar-refractivity contribution >= 4 is 34.7 Å². The van der Waals surface area contributed by atoms with Gasteiger partial charge in [0, 0.05) is 74.0 Å². The van der Waals surface area contributed by atoms with Gasteiger partial charge in [-0.3, -0.25) is 9.59 Å². The van der Waals surface area contributed by atoms with E-state index in [0.717, 1.165) is 76.1 Å². The number of nitrogens with zero attached hydrogens (tertiary/aromatic N) is 4. The Kier molecular flexibility index (Phi) is 6.39. The van der Waals surface area contributed by atoms with Gasteiger partial charge >= 0.3 is 0 Å². The Bertz CT molecular complexity index is 1270. The standard InChI is InChI=1S/C31H35ClN4O2/c1-22-17-30(21-36(22)26-7-4-24(18-33)28(32)16-26)12-14-34(15-13-30)25-5-2-23(3-6-25)29(38)35-19-31(20-35)10-8-27(37)9-11-31/h2-7,16,22H,8-15,17,19-21H2,1H3. The van der Waals surface area contributed by atoms with Crippen LogP contribution in [0.1, 0.15) is 67.8 Å². The number of carbonyl (C=O) groups excluding carboxylic acids is 2. The van der Waals surface area contributed by atoms with Gasteiger partial charge in [0.05, 0.1) is 10.6 Å². The number of carbonyl (C=O) groups is 2. The van der Waals surface area contributed by atoms with Crippen molar-refractivity contribution in [3.05, 3.63) is 58.6 Å². The lowest BCUT2D eigenvalue weighted by molar-refractivity contribution is -0.125. The van der Waals surface area contributed by atoms with Gasteiger partial charge in [-0.2, -0.15) is 5.26 Å². The first-order valence-corrected chi connectivity index (χ1v) is 14.3. The fourth-order valence-corrected chi connectivity index (χ4v) is 7.54. The summed E-state index contributed by atoms with van der Waals surface area (Å²) in [7, 11) is 0. The van der Waals surface area contributed by atoms with Crippen molar-refractivity contribution in [3.63, 3.8) is 0 Å². The average molecular weight is 531 g/mol. The number of halogens is 1. The first-order chi connectivity index (χ1) is 18.3. The topological polar surface area (TPSA) is 67.7 Å². The average Bonchev–Trinajstić information content (AvgIpc) is 3.23. The van der Waals surface area contributed by atoms with Gasteiger partial charge in [0.15, 0.2) is 0 Å². The highest BCUT2D eigenvalue weighted by atomic mass is 35.5. The highest BCUT2D eigenvalue weighted by Crippen LogP contribution is 2.46. The molecule has 1 saturated carbocycles. The number of hydrogen-bond acceptors (Lipinski definition) is 5. The number of Topliss-reactive ketones (excluding diaryl/α,β-unsaturated/α-hetero) is 1. The molecule has 4 aliphatic rings. The van der Waals surface area contributed by atoms with Gasteiger partial charge in [-0.1, -0.05) is 11.6 Å². The van der Waals surface area contributed by atoms with Crippen molar-refractivity contribution in [1.82, 2.24) is 4.90 Å². The Morgan fingerprint density at radius 1 is 0.947 bits per heavy atom. The van der Waals surface area contributed by atoms with Crippen LogP contribution >= 0.6 is 11.6 Å². The van der Waals surface area contributed by atoms with Gasteiger partial charge in [0.25, 0.3) is 5.91 Å². The maximum atomic E-state index is 13.0. The molecule has 4 fully saturated rings. The summed E-state index contributed by atoms with van der Waals surface area (Å²) in [5.74, 6) is 0.482. The van der Waals surface area contributed by atoms with Gasteiger partial charge in [-0.05, 0) is 86.9 Å². The molecule has 3 heterocycles. The molecule has 7 heteroatoms. The van der Waals surface area contributed by atoms with E-state index in [2.05, 4.69) is 34.9 Å². The number of hydrogen-bond donors (Lipinski definition) is 0. The lowest BCUT2D eigenvalue weighted by Gasteiger charge is -2.52. The first-order valence-electron chi connectivity index (χ1n) is 13.9. The van der Waals surface area contributed by atoms with Crippen LogP contribution in [0.15, 0.2) is 42.5 Å². The fraction of sp³-hybridized carbons (Fsp3) is 0.516. The van der Waals surface area contributed by atoms with Crippen molar-refractivity contribution in [1.29, 1.82) is 5.26 Å². The summed E-state index contributed by atoms with van der Waals surface area (Å²) >= 11 is 6.33. The molecular weight excluding hydrogens is 496 g/mol. The molecular formula is C31H35ClN4O2. The molecule has 1 atom stereocenters. The van der Waals surface area contributed by atoms with Crippen LogP contribution in [0.3, 0.4) is 0 Å². The zero-order valence-corrected chi connectivity index (χ0v) is 22.8. The third kappa shape index (κ3) is 4.56. The summed E-state index contributed by atoms with van der Waals surface area (Å²) in [6, 6.07) is 16.5. The second kappa shape index (κ2) is 9.61. The number of amides is 1. The number of piperidine rings is 1. The Labute approximate surface area is 230 Å². The molecule has 1 unspecified atom stereocenters. The van der Waals surface area contributed by atoms with Crippen LogP contribution in [-0.4, -0.2) is 55.4 Å². The minimum atomic E-state index is 0.111. The van der Waals surface area contributed by atoms with Crippen molar-refractivity contribution in [3.8, 4) is 6.07 Å². The van der Waals surface area contributed by atoms with Gasteiger partial charge < -0.3 is 14.7 Å². The van der Waals surface area contributed by atoms with Crippen molar-refractivity contribution in [2.24, 2.45) is 10.8 Å². The Morgan fingerprint density at radius 2 is 1.61 bits per heavy atom. The largest absolute Gasteiger partial charge is 0.371 e. The molecule has 2 aromatic rings. The Morgan fingerprint density at radius 3 is 2.24 bits per heavy atom. The van der Waals surface area contributed by atoms with Gasteiger partial charge in [0.1, 0.15) is 11.9 Å². The smallest absolute Gasteiger partial charge is 0.253 e. The van der Waals surface area contributed by atoms with Crippen LogP contribution in [0.25, 0.3) is 0 Å². The van der Waals surface area contributed by atoms with E-state index >= 15 is 0 Å². The molecule has 38 heavy (non-hydrogen) atoms. The van der Waals surface area contributed by atoms with Crippen molar-refractivity contribution in [2.45, 2.75) is 57.9 Å². The number of nitriles is 1. The highest BCUT2D eigenvalue weighted by molar-refractivity contribution is 6.32. The minimum Gasteiger partial charge on any atom is -0.371 e. The van der Waals surface area contributed by atoms with Crippen LogP contribution < -0.4 is 9.80 Å². The van der Waals surface area contributed by atoms with Crippen LogP contribution in [0, 0.1) is 22.2 Å². The molecule has 2 spiro atoms. The lowest BCUT2D eigenvalue weighted by atomic mass is 9.68. The van der Waals surface area contributed by atoms with Crippen LogP contribution in [0.4, 0.5) is 11.4 Å². The molecule has 3 saturated heterocycles. The van der Waals surface area contributed by atoms with E-state index in [9.17, 15) is 14.9 Å². The molecule has 0 bridgehead atoms. The number of anilines is 2. The molecule has 6 nitrogen and oxygen atoms in total. The SMILES string of the molecule is CC1CC2(CCN(c3ccc(C(=O)N4CC5(CCC(=O)CC5)C4)cc3)CC2)CN1c1ccc(C#N)c(Cl)c1. The number of likely N-dealkylation sites (tertiary alicyclic amines) is 1. The van der Waals surface area contributed by atoms with E-state index in [0.29, 0.717) is 40.7 Å². The van der Waals surface area contributed by atoms with Crippen molar-refractivity contribution in [2.75, 3.05) is 42.5 Å². The molecule has 0 radical (unpaired) electrons. The van der Waals surface area contributed by atoms with Gasteiger partial charge in [-0.15, -0.1) is 0 Å². The zero-order valence-electron chi connectivity index (χ0n) is 22.1. The highest BCUT2D eigenvalue weighted by Gasteiger charge is 2.47. The summed E-state index contributed by atoms with van der Waals surface area (Å²) in [6.45, 7) is 6.91. The molecule has 3 aliphatic heterocycles. The van der Waals surface area contributed by atoms with Crippen LogP contribution in [0.5, 0.6) is 0 Å². The van der Waals surface area contributed by atoms with Crippen molar-refractivity contribution < 1.29 is 9.59 Å². The van der Waals surface area contributed by atoms with Gasteiger partial charge in [-0.25, -0.2) is 0 Å². The second-order valence-corrected chi connectivity index (χ2v) is 12.6. The van der Waals surface area contributed by atoms with E-state index in [1.807, 2.05) is 35.2 Å².